The van der Waals surface area contributed by atoms with Crippen molar-refractivity contribution in [1.82, 2.24) is 4.90 Å². The predicted molar refractivity (Wildman–Crippen MR) is 80.8 cm³/mol. The first-order valence-corrected chi connectivity index (χ1v) is 8.00. The number of hydrogen-bond acceptors (Lipinski definition) is 4. The van der Waals surface area contributed by atoms with Gasteiger partial charge in [-0.25, -0.2) is 4.39 Å². The van der Waals surface area contributed by atoms with Crippen molar-refractivity contribution >= 4 is 0 Å². The molecule has 2 fully saturated rings. The number of rotatable bonds is 4. The summed E-state index contributed by atoms with van der Waals surface area (Å²) >= 11 is 0. The first-order valence-electron chi connectivity index (χ1n) is 8.00. The molecule has 122 valence electrons. The lowest BCUT2D eigenvalue weighted by Crippen LogP contribution is -2.47. The molecule has 0 aliphatic carbocycles. The molecule has 2 saturated heterocycles. The summed E-state index contributed by atoms with van der Waals surface area (Å²) in [6, 6.07) is 6.06. The Morgan fingerprint density at radius 3 is 2.68 bits per heavy atom. The molecular formula is C17H24FNO3. The molecule has 4 nitrogen and oxygen atoms in total. The van der Waals surface area contributed by atoms with E-state index >= 15 is 0 Å². The number of hydrogen-bond donors (Lipinski definition) is 1. The van der Waals surface area contributed by atoms with E-state index in [9.17, 15) is 9.50 Å². The molecule has 0 amide bonds. The van der Waals surface area contributed by atoms with Crippen LogP contribution >= 0.6 is 0 Å². The Morgan fingerprint density at radius 2 is 2.00 bits per heavy atom. The number of halogens is 1. The van der Waals surface area contributed by atoms with Crippen molar-refractivity contribution in [2.45, 2.75) is 31.7 Å². The summed E-state index contributed by atoms with van der Waals surface area (Å²) in [7, 11) is 0. The van der Waals surface area contributed by atoms with E-state index < -0.39 is 11.9 Å². The lowest BCUT2D eigenvalue weighted by Gasteiger charge is -2.40. The average molecular weight is 309 g/mol. The van der Waals surface area contributed by atoms with Crippen LogP contribution in [-0.2, 0) is 9.47 Å². The molecule has 1 N–H and O–H groups in total. The molecule has 22 heavy (non-hydrogen) atoms. The molecule has 0 spiro atoms. The predicted octanol–water partition coefficient (Wildman–Crippen LogP) is 2.33. The van der Waals surface area contributed by atoms with Crippen LogP contribution in [0.3, 0.4) is 0 Å². The van der Waals surface area contributed by atoms with Gasteiger partial charge in [0, 0.05) is 19.0 Å². The summed E-state index contributed by atoms with van der Waals surface area (Å²) in [4.78, 5) is 2.25. The largest absolute Gasteiger partial charge is 0.387 e. The van der Waals surface area contributed by atoms with Gasteiger partial charge >= 0.3 is 0 Å². The molecule has 0 saturated carbocycles. The fourth-order valence-electron chi connectivity index (χ4n) is 3.45. The molecule has 5 heteroatoms. The highest BCUT2D eigenvalue weighted by molar-refractivity contribution is 5.18. The SMILES string of the molecule is CC1(C2CCCN(CC(O)c3ccc(F)cc3)C2)OCCO1. The van der Waals surface area contributed by atoms with E-state index in [0.29, 0.717) is 25.7 Å². The molecule has 1 aromatic carbocycles. The maximum Gasteiger partial charge on any atom is 0.169 e. The van der Waals surface area contributed by atoms with Crippen LogP contribution in [0.25, 0.3) is 0 Å². The van der Waals surface area contributed by atoms with Gasteiger partial charge in [-0.1, -0.05) is 12.1 Å². The quantitative estimate of drug-likeness (QED) is 0.927. The number of β-amino-alcohol motifs (C(OH)–C–C–N with tert-alkyl or cyclic N) is 1. The average Bonchev–Trinajstić information content (AvgIpc) is 2.96. The van der Waals surface area contributed by atoms with E-state index in [0.717, 1.165) is 31.5 Å². The van der Waals surface area contributed by atoms with Crippen LogP contribution in [0.4, 0.5) is 4.39 Å². The lowest BCUT2D eigenvalue weighted by atomic mass is 9.90. The van der Waals surface area contributed by atoms with Crippen molar-refractivity contribution in [2.75, 3.05) is 32.8 Å². The van der Waals surface area contributed by atoms with Gasteiger partial charge in [0.1, 0.15) is 5.82 Å². The smallest absolute Gasteiger partial charge is 0.169 e. The van der Waals surface area contributed by atoms with E-state index in [1.165, 1.54) is 12.1 Å². The Hall–Kier alpha value is -1.01. The van der Waals surface area contributed by atoms with Crippen LogP contribution < -0.4 is 0 Å². The van der Waals surface area contributed by atoms with Gasteiger partial charge in [-0.2, -0.15) is 0 Å². The monoisotopic (exact) mass is 309 g/mol. The van der Waals surface area contributed by atoms with Gasteiger partial charge < -0.3 is 14.6 Å². The van der Waals surface area contributed by atoms with E-state index in [1.54, 1.807) is 12.1 Å². The fourth-order valence-corrected chi connectivity index (χ4v) is 3.45. The van der Waals surface area contributed by atoms with Crippen LogP contribution in [-0.4, -0.2) is 48.6 Å². The van der Waals surface area contributed by atoms with Crippen LogP contribution in [0, 0.1) is 11.7 Å². The van der Waals surface area contributed by atoms with Crippen molar-refractivity contribution in [3.05, 3.63) is 35.6 Å². The molecule has 2 atom stereocenters. The van der Waals surface area contributed by atoms with Gasteiger partial charge in [0.05, 0.1) is 19.3 Å². The lowest BCUT2D eigenvalue weighted by molar-refractivity contribution is -0.192. The van der Waals surface area contributed by atoms with E-state index in [4.69, 9.17) is 9.47 Å². The van der Waals surface area contributed by atoms with Crippen LogP contribution in [0.1, 0.15) is 31.4 Å². The Labute approximate surface area is 130 Å². The van der Waals surface area contributed by atoms with Crippen molar-refractivity contribution in [2.24, 2.45) is 5.92 Å². The Kier molecular flexibility index (Phi) is 4.78. The first-order chi connectivity index (χ1) is 10.6. The number of likely N-dealkylation sites (tertiary alicyclic amines) is 1. The Morgan fingerprint density at radius 1 is 1.32 bits per heavy atom. The van der Waals surface area contributed by atoms with Gasteiger partial charge in [-0.05, 0) is 44.0 Å². The molecular weight excluding hydrogens is 285 g/mol. The molecule has 1 aromatic rings. The molecule has 2 heterocycles. The standard InChI is InChI=1S/C17H24FNO3/c1-17(21-9-10-22-17)14-3-2-8-19(11-14)12-16(20)13-4-6-15(18)7-5-13/h4-7,14,16,20H,2-3,8-12H2,1H3. The molecule has 0 bridgehead atoms. The zero-order valence-corrected chi connectivity index (χ0v) is 13.0. The second kappa shape index (κ2) is 6.62. The summed E-state index contributed by atoms with van der Waals surface area (Å²) in [5.74, 6) is -0.443. The summed E-state index contributed by atoms with van der Waals surface area (Å²) in [6.45, 7) is 5.71. The minimum atomic E-state index is -0.599. The third kappa shape index (κ3) is 3.49. The van der Waals surface area contributed by atoms with Gasteiger partial charge in [0.15, 0.2) is 5.79 Å². The number of nitrogens with zero attached hydrogens (tertiary/aromatic N) is 1. The Bertz CT molecular complexity index is 487. The second-order valence-corrected chi connectivity index (χ2v) is 6.38. The topological polar surface area (TPSA) is 41.9 Å². The summed E-state index contributed by atoms with van der Waals surface area (Å²) in [5.41, 5.74) is 0.753. The summed E-state index contributed by atoms with van der Waals surface area (Å²) in [5, 5.41) is 10.4. The number of aliphatic hydroxyl groups excluding tert-OH is 1. The van der Waals surface area contributed by atoms with Crippen molar-refractivity contribution < 1.29 is 19.0 Å². The fraction of sp³-hybridized carbons (Fsp3) is 0.647. The third-order valence-electron chi connectivity index (χ3n) is 4.79. The van der Waals surface area contributed by atoms with Crippen LogP contribution in [0.15, 0.2) is 24.3 Å². The molecule has 2 aliphatic rings. The number of ether oxygens (including phenoxy) is 2. The highest BCUT2D eigenvalue weighted by Gasteiger charge is 2.41. The van der Waals surface area contributed by atoms with Gasteiger partial charge in [0.25, 0.3) is 0 Å². The molecule has 0 aromatic heterocycles. The van der Waals surface area contributed by atoms with Crippen molar-refractivity contribution in [1.29, 1.82) is 0 Å². The first kappa shape index (κ1) is 15.9. The zero-order chi connectivity index (χ0) is 15.6. The van der Waals surface area contributed by atoms with Gasteiger partial charge in [-0.3, -0.25) is 4.90 Å². The number of piperidine rings is 1. The number of benzene rings is 1. The molecule has 2 unspecified atom stereocenters. The van der Waals surface area contributed by atoms with Crippen molar-refractivity contribution in [3.8, 4) is 0 Å². The zero-order valence-electron chi connectivity index (χ0n) is 13.0. The van der Waals surface area contributed by atoms with Crippen LogP contribution in [0.5, 0.6) is 0 Å². The van der Waals surface area contributed by atoms with E-state index in [-0.39, 0.29) is 5.82 Å². The Balaban J connectivity index is 1.59. The third-order valence-corrected chi connectivity index (χ3v) is 4.79. The normalized spacial score (nSPS) is 27.0. The van der Waals surface area contributed by atoms with Gasteiger partial charge in [0.2, 0.25) is 0 Å². The van der Waals surface area contributed by atoms with E-state index in [1.807, 2.05) is 6.92 Å². The summed E-state index contributed by atoms with van der Waals surface area (Å²) < 4.78 is 24.5. The minimum Gasteiger partial charge on any atom is -0.387 e. The molecule has 0 radical (unpaired) electrons. The molecule has 2 aliphatic heterocycles. The van der Waals surface area contributed by atoms with E-state index in [2.05, 4.69) is 4.90 Å². The highest BCUT2D eigenvalue weighted by Crippen LogP contribution is 2.34. The van der Waals surface area contributed by atoms with Crippen molar-refractivity contribution in [3.63, 3.8) is 0 Å². The highest BCUT2D eigenvalue weighted by atomic mass is 19.1. The maximum atomic E-state index is 13.0. The molecule has 3 rings (SSSR count). The van der Waals surface area contributed by atoms with Crippen LogP contribution in [0.2, 0.25) is 0 Å². The summed E-state index contributed by atoms with van der Waals surface area (Å²) in [6.07, 6.45) is 1.56. The second-order valence-electron chi connectivity index (χ2n) is 6.38. The number of aliphatic hydroxyl groups is 1. The maximum absolute atomic E-state index is 13.0. The minimum absolute atomic E-state index is 0.280. The van der Waals surface area contributed by atoms with Gasteiger partial charge in [-0.15, -0.1) is 0 Å².